The Labute approximate surface area is 185 Å². The van der Waals surface area contributed by atoms with Gasteiger partial charge in [-0.15, -0.1) is 0 Å². The van der Waals surface area contributed by atoms with Crippen LogP contribution in [0.1, 0.15) is 62.8 Å². The van der Waals surface area contributed by atoms with Gasteiger partial charge in [0.25, 0.3) is 0 Å². The molecule has 1 saturated carbocycles. The molecule has 1 saturated heterocycles. The highest BCUT2D eigenvalue weighted by Gasteiger charge is 2.27. The number of aromatic nitrogens is 1. The van der Waals surface area contributed by atoms with Gasteiger partial charge in [-0.2, -0.15) is 0 Å². The number of methoxy groups -OCH3 is 1. The van der Waals surface area contributed by atoms with E-state index in [9.17, 15) is 4.79 Å². The quantitative estimate of drug-likeness (QED) is 0.679. The summed E-state index contributed by atoms with van der Waals surface area (Å²) in [5.74, 6) is 2.74. The van der Waals surface area contributed by atoms with Crippen molar-refractivity contribution in [2.24, 2.45) is 5.92 Å². The average molecular weight is 426 g/mol. The van der Waals surface area contributed by atoms with Crippen molar-refractivity contribution in [1.82, 2.24) is 15.2 Å². The Morgan fingerprint density at radius 3 is 2.42 bits per heavy atom. The predicted molar refractivity (Wildman–Crippen MR) is 121 cm³/mol. The number of carbonyl (C=O) groups excluding carboxylic acids is 1. The van der Waals surface area contributed by atoms with E-state index in [4.69, 9.17) is 14.1 Å². The number of rotatable bonds is 6. The van der Waals surface area contributed by atoms with E-state index in [0.717, 1.165) is 68.1 Å². The van der Waals surface area contributed by atoms with Crippen LogP contribution in [0.15, 0.2) is 28.7 Å². The minimum Gasteiger partial charge on any atom is -0.497 e. The molecular weight excluding hydrogens is 390 g/mol. The van der Waals surface area contributed by atoms with E-state index in [1.807, 2.05) is 31.2 Å². The summed E-state index contributed by atoms with van der Waals surface area (Å²) in [5.41, 5.74) is 1.93. The summed E-state index contributed by atoms with van der Waals surface area (Å²) in [6.07, 6.45) is 9.25. The summed E-state index contributed by atoms with van der Waals surface area (Å²) in [6, 6.07) is 8.15. The SMILES string of the molecule is COc1ccc(-c2nc(CN3CCC(C(=O)NC4CCCCCC4)CC3)c(C)o2)cc1. The van der Waals surface area contributed by atoms with Gasteiger partial charge in [0, 0.05) is 24.1 Å². The predicted octanol–water partition coefficient (Wildman–Crippen LogP) is 4.71. The molecule has 1 aromatic carbocycles. The van der Waals surface area contributed by atoms with Gasteiger partial charge in [-0.05, 0) is 70.0 Å². The van der Waals surface area contributed by atoms with Crippen molar-refractivity contribution in [2.45, 2.75) is 70.9 Å². The van der Waals surface area contributed by atoms with E-state index in [-0.39, 0.29) is 11.8 Å². The molecule has 6 nitrogen and oxygen atoms in total. The lowest BCUT2D eigenvalue weighted by Gasteiger charge is -2.31. The zero-order chi connectivity index (χ0) is 21.6. The third-order valence-corrected chi connectivity index (χ3v) is 6.76. The van der Waals surface area contributed by atoms with Crippen LogP contribution in [0.25, 0.3) is 11.5 Å². The van der Waals surface area contributed by atoms with Crippen molar-refractivity contribution < 1.29 is 13.9 Å². The first-order valence-corrected chi connectivity index (χ1v) is 11.8. The molecule has 2 heterocycles. The van der Waals surface area contributed by atoms with Crippen molar-refractivity contribution in [3.63, 3.8) is 0 Å². The normalized spacial score (nSPS) is 19.2. The number of nitrogens with one attached hydrogen (secondary N) is 1. The van der Waals surface area contributed by atoms with Gasteiger partial charge in [0.15, 0.2) is 0 Å². The third kappa shape index (κ3) is 5.67. The Morgan fingerprint density at radius 2 is 1.77 bits per heavy atom. The molecule has 1 aliphatic heterocycles. The Balaban J connectivity index is 1.28. The summed E-state index contributed by atoms with van der Waals surface area (Å²) < 4.78 is 11.1. The molecule has 1 aromatic heterocycles. The number of amides is 1. The molecule has 0 bridgehead atoms. The summed E-state index contributed by atoms with van der Waals surface area (Å²) >= 11 is 0. The number of hydrogen-bond acceptors (Lipinski definition) is 5. The van der Waals surface area contributed by atoms with Gasteiger partial charge in [0.2, 0.25) is 11.8 Å². The van der Waals surface area contributed by atoms with Crippen LogP contribution in [-0.4, -0.2) is 42.0 Å². The molecule has 0 radical (unpaired) electrons. The van der Waals surface area contributed by atoms with Gasteiger partial charge in [-0.3, -0.25) is 9.69 Å². The summed E-state index contributed by atoms with van der Waals surface area (Å²) in [4.78, 5) is 19.9. The first-order valence-electron chi connectivity index (χ1n) is 11.8. The van der Waals surface area contributed by atoms with Gasteiger partial charge in [-0.1, -0.05) is 25.7 Å². The van der Waals surface area contributed by atoms with Gasteiger partial charge in [-0.25, -0.2) is 4.98 Å². The number of nitrogens with zero attached hydrogens (tertiary/aromatic N) is 2. The number of benzene rings is 1. The molecule has 0 unspecified atom stereocenters. The van der Waals surface area contributed by atoms with Crippen molar-refractivity contribution in [3.8, 4) is 17.2 Å². The fourth-order valence-corrected chi connectivity index (χ4v) is 4.74. The van der Waals surface area contributed by atoms with E-state index in [0.29, 0.717) is 11.9 Å². The summed E-state index contributed by atoms with van der Waals surface area (Å²) in [5, 5.41) is 3.34. The minimum atomic E-state index is 0.146. The highest BCUT2D eigenvalue weighted by atomic mass is 16.5. The van der Waals surface area contributed by atoms with Crippen molar-refractivity contribution in [3.05, 3.63) is 35.7 Å². The molecule has 31 heavy (non-hydrogen) atoms. The van der Waals surface area contributed by atoms with Crippen LogP contribution < -0.4 is 10.1 Å². The zero-order valence-corrected chi connectivity index (χ0v) is 18.9. The highest BCUT2D eigenvalue weighted by Crippen LogP contribution is 2.26. The Kier molecular flexibility index (Phi) is 7.28. The van der Waals surface area contributed by atoms with Crippen LogP contribution in [-0.2, 0) is 11.3 Å². The maximum atomic E-state index is 12.7. The van der Waals surface area contributed by atoms with E-state index in [1.54, 1.807) is 7.11 Å². The van der Waals surface area contributed by atoms with Gasteiger partial charge >= 0.3 is 0 Å². The maximum absolute atomic E-state index is 12.7. The van der Waals surface area contributed by atoms with Crippen molar-refractivity contribution in [1.29, 1.82) is 0 Å². The number of carbonyl (C=O) groups is 1. The molecule has 2 fully saturated rings. The van der Waals surface area contributed by atoms with Gasteiger partial charge < -0.3 is 14.5 Å². The number of likely N-dealkylation sites (tertiary alicyclic amines) is 1. The number of aryl methyl sites for hydroxylation is 1. The fourth-order valence-electron chi connectivity index (χ4n) is 4.74. The molecular formula is C25H35N3O3. The van der Waals surface area contributed by atoms with Crippen LogP contribution >= 0.6 is 0 Å². The number of ether oxygens (including phenoxy) is 1. The minimum absolute atomic E-state index is 0.146. The molecule has 6 heteroatoms. The van der Waals surface area contributed by atoms with Crippen LogP contribution in [0.2, 0.25) is 0 Å². The number of piperidine rings is 1. The average Bonchev–Trinajstić information content (AvgIpc) is 2.98. The van der Waals surface area contributed by atoms with E-state index in [1.165, 1.54) is 25.7 Å². The first-order chi connectivity index (χ1) is 15.1. The largest absolute Gasteiger partial charge is 0.497 e. The van der Waals surface area contributed by atoms with E-state index < -0.39 is 0 Å². The molecule has 168 valence electrons. The monoisotopic (exact) mass is 425 g/mol. The van der Waals surface area contributed by atoms with Crippen molar-refractivity contribution in [2.75, 3.05) is 20.2 Å². The summed E-state index contributed by atoms with van der Waals surface area (Å²) in [6.45, 7) is 4.59. The highest BCUT2D eigenvalue weighted by molar-refractivity contribution is 5.79. The van der Waals surface area contributed by atoms with Crippen LogP contribution in [0.5, 0.6) is 5.75 Å². The molecule has 4 rings (SSSR count). The third-order valence-electron chi connectivity index (χ3n) is 6.76. The standard InChI is InChI=1S/C25H35N3O3/c1-18-23(27-25(31-18)20-9-11-22(30-2)12-10-20)17-28-15-13-19(14-16-28)24(29)26-21-7-5-3-4-6-8-21/h9-12,19,21H,3-8,13-17H2,1-2H3,(H,26,29). The Morgan fingerprint density at radius 1 is 1.10 bits per heavy atom. The lowest BCUT2D eigenvalue weighted by atomic mass is 9.95. The van der Waals surface area contributed by atoms with Crippen LogP contribution in [0.4, 0.5) is 0 Å². The molecule has 1 amide bonds. The molecule has 0 spiro atoms. The second kappa shape index (κ2) is 10.3. The Bertz CT molecular complexity index is 845. The second-order valence-corrected chi connectivity index (χ2v) is 9.00. The molecule has 2 aromatic rings. The first kappa shape index (κ1) is 21.9. The summed E-state index contributed by atoms with van der Waals surface area (Å²) in [7, 11) is 1.66. The molecule has 2 aliphatic rings. The van der Waals surface area contributed by atoms with Gasteiger partial charge in [0.05, 0.1) is 12.8 Å². The van der Waals surface area contributed by atoms with Crippen molar-refractivity contribution >= 4 is 5.91 Å². The zero-order valence-electron chi connectivity index (χ0n) is 18.9. The number of oxazole rings is 1. The van der Waals surface area contributed by atoms with Gasteiger partial charge in [0.1, 0.15) is 11.5 Å². The van der Waals surface area contributed by atoms with Crippen LogP contribution in [0, 0.1) is 12.8 Å². The smallest absolute Gasteiger partial charge is 0.226 e. The van der Waals surface area contributed by atoms with E-state index >= 15 is 0 Å². The molecule has 0 atom stereocenters. The van der Waals surface area contributed by atoms with E-state index in [2.05, 4.69) is 10.2 Å². The topological polar surface area (TPSA) is 67.6 Å². The molecule has 1 N–H and O–H groups in total. The van der Waals surface area contributed by atoms with Crippen LogP contribution in [0.3, 0.4) is 0 Å². The lowest BCUT2D eigenvalue weighted by molar-refractivity contribution is -0.127. The second-order valence-electron chi connectivity index (χ2n) is 9.00. The number of hydrogen-bond donors (Lipinski definition) is 1. The lowest BCUT2D eigenvalue weighted by Crippen LogP contribution is -2.43. The molecule has 1 aliphatic carbocycles. The maximum Gasteiger partial charge on any atom is 0.226 e. The fraction of sp³-hybridized carbons (Fsp3) is 0.600. The Hall–Kier alpha value is -2.34.